The Labute approximate surface area is 196 Å². The molecule has 0 aliphatic heterocycles. The third kappa shape index (κ3) is 4.13. The van der Waals surface area contributed by atoms with E-state index in [1.165, 1.54) is 24.8 Å². The van der Waals surface area contributed by atoms with Crippen molar-refractivity contribution in [3.05, 3.63) is 29.9 Å². The quantitative estimate of drug-likeness (QED) is 0.570. The first-order chi connectivity index (χ1) is 15.9. The summed E-state index contributed by atoms with van der Waals surface area (Å²) >= 11 is 0. The Morgan fingerprint density at radius 1 is 1.24 bits per heavy atom. The van der Waals surface area contributed by atoms with Crippen LogP contribution >= 0.6 is 0 Å². The summed E-state index contributed by atoms with van der Waals surface area (Å²) in [7, 11) is 0. The number of nitrogens with one attached hydrogen (secondary N) is 2. The van der Waals surface area contributed by atoms with Crippen LogP contribution in [-0.2, 0) is 16.1 Å². The monoisotopic (exact) mass is 454 g/mol. The van der Waals surface area contributed by atoms with E-state index < -0.39 is 0 Å². The number of oxime groups is 1. The lowest BCUT2D eigenvalue weighted by Crippen LogP contribution is -2.51. The second-order valence-electron chi connectivity index (χ2n) is 11.2. The van der Waals surface area contributed by atoms with E-state index in [2.05, 4.69) is 40.4 Å². The zero-order valence-electron chi connectivity index (χ0n) is 20.0. The minimum absolute atomic E-state index is 0.0554. The molecule has 1 amide bonds. The number of fused-ring (bicyclic) bond motifs is 5. The van der Waals surface area contributed by atoms with Gasteiger partial charge in [0.15, 0.2) is 6.61 Å². The molecule has 0 bridgehead atoms. The molecule has 1 heterocycles. The molecule has 33 heavy (non-hydrogen) atoms. The van der Waals surface area contributed by atoms with Gasteiger partial charge in [0.2, 0.25) is 0 Å². The van der Waals surface area contributed by atoms with Crippen molar-refractivity contribution >= 4 is 11.6 Å². The lowest BCUT2D eigenvalue weighted by atomic mass is 9.47. The van der Waals surface area contributed by atoms with E-state index >= 15 is 0 Å². The first kappa shape index (κ1) is 22.6. The van der Waals surface area contributed by atoms with E-state index in [1.807, 2.05) is 0 Å². The molecule has 180 valence electrons. The lowest BCUT2D eigenvalue weighted by molar-refractivity contribution is -0.125. The number of aromatic nitrogens is 2. The van der Waals surface area contributed by atoms with Gasteiger partial charge in [-0.25, -0.2) is 4.98 Å². The summed E-state index contributed by atoms with van der Waals surface area (Å²) in [6.07, 6.45) is 15.2. The van der Waals surface area contributed by atoms with Gasteiger partial charge < -0.3 is 20.2 Å². The van der Waals surface area contributed by atoms with Crippen LogP contribution in [0.5, 0.6) is 0 Å². The van der Waals surface area contributed by atoms with Gasteiger partial charge in [0.1, 0.15) is 0 Å². The van der Waals surface area contributed by atoms with E-state index in [4.69, 9.17) is 4.84 Å². The zero-order chi connectivity index (χ0) is 23.1. The molecular formula is C26H38N4O3. The Balaban J connectivity index is 1.16. The molecule has 5 rings (SSSR count). The summed E-state index contributed by atoms with van der Waals surface area (Å²) in [6, 6.07) is 0. The molecule has 1 aromatic rings. The summed E-state index contributed by atoms with van der Waals surface area (Å²) in [5, 5.41) is 17.8. The van der Waals surface area contributed by atoms with E-state index in [-0.39, 0.29) is 29.4 Å². The van der Waals surface area contributed by atoms with Crippen molar-refractivity contribution in [2.24, 2.45) is 33.7 Å². The van der Waals surface area contributed by atoms with Crippen LogP contribution < -0.4 is 5.32 Å². The average molecular weight is 455 g/mol. The van der Waals surface area contributed by atoms with Crippen LogP contribution in [0, 0.1) is 28.6 Å². The number of imidazole rings is 1. The molecule has 7 heteroatoms. The molecule has 3 saturated carbocycles. The molecule has 0 spiro atoms. The molecule has 4 aliphatic rings. The Bertz CT molecular complexity index is 926. The maximum atomic E-state index is 12.0. The number of carbonyl (C=O) groups is 1. The number of rotatable bonds is 6. The van der Waals surface area contributed by atoms with Crippen LogP contribution in [0.25, 0.3) is 0 Å². The molecule has 0 radical (unpaired) electrons. The van der Waals surface area contributed by atoms with Gasteiger partial charge in [0.05, 0.1) is 18.1 Å². The standard InChI is InChI=1S/C26H38N4O3/c1-25-10-7-18(30-33-15-24(32)28-12-9-19-14-27-16-29-19)13-17(25)3-4-20-21-5-6-23(31)26(21,2)11-8-22(20)25/h13-14,16,20-23,31H,3-12,15H2,1-2H3,(H,27,29)(H,28,32). The van der Waals surface area contributed by atoms with Crippen molar-refractivity contribution in [2.75, 3.05) is 13.2 Å². The highest BCUT2D eigenvalue weighted by Gasteiger charge is 2.58. The zero-order valence-corrected chi connectivity index (χ0v) is 20.0. The number of aliphatic hydroxyl groups is 1. The van der Waals surface area contributed by atoms with E-state index in [9.17, 15) is 9.90 Å². The molecular weight excluding hydrogens is 416 g/mol. The number of carbonyl (C=O) groups excluding carboxylic acids is 1. The number of hydrogen-bond acceptors (Lipinski definition) is 5. The number of hydrogen-bond donors (Lipinski definition) is 3. The lowest BCUT2D eigenvalue weighted by Gasteiger charge is -2.57. The van der Waals surface area contributed by atoms with Gasteiger partial charge in [-0.3, -0.25) is 4.79 Å². The molecule has 3 N–H and O–H groups in total. The molecule has 0 saturated heterocycles. The van der Waals surface area contributed by atoms with Gasteiger partial charge in [-0.15, -0.1) is 0 Å². The summed E-state index contributed by atoms with van der Waals surface area (Å²) < 4.78 is 0. The second-order valence-corrected chi connectivity index (χ2v) is 11.2. The second kappa shape index (κ2) is 8.90. The minimum Gasteiger partial charge on any atom is -0.393 e. The molecule has 7 nitrogen and oxygen atoms in total. The van der Waals surface area contributed by atoms with Gasteiger partial charge in [-0.1, -0.05) is 24.6 Å². The fraction of sp³-hybridized carbons (Fsp3) is 0.731. The Kier molecular flexibility index (Phi) is 6.10. The maximum Gasteiger partial charge on any atom is 0.260 e. The summed E-state index contributed by atoms with van der Waals surface area (Å²) in [5.41, 5.74) is 3.84. The van der Waals surface area contributed by atoms with Crippen LogP contribution in [-0.4, -0.2) is 45.9 Å². The third-order valence-corrected chi connectivity index (χ3v) is 9.58. The van der Waals surface area contributed by atoms with Crippen molar-refractivity contribution in [2.45, 2.75) is 77.7 Å². The number of aromatic amines is 1. The fourth-order valence-electron chi connectivity index (χ4n) is 7.60. The Hall–Kier alpha value is -2.15. The average Bonchev–Trinajstić information content (AvgIpc) is 3.42. The van der Waals surface area contributed by atoms with Crippen molar-refractivity contribution in [1.82, 2.24) is 15.3 Å². The topological polar surface area (TPSA) is 99.6 Å². The highest BCUT2D eigenvalue weighted by Crippen LogP contribution is 2.65. The highest BCUT2D eigenvalue weighted by molar-refractivity contribution is 5.96. The fourth-order valence-corrected chi connectivity index (χ4v) is 7.60. The normalized spacial score (nSPS) is 38.8. The van der Waals surface area contributed by atoms with Gasteiger partial charge >= 0.3 is 0 Å². The van der Waals surface area contributed by atoms with Crippen molar-refractivity contribution in [3.8, 4) is 0 Å². The smallest absolute Gasteiger partial charge is 0.260 e. The van der Waals surface area contributed by atoms with Crippen LogP contribution in [0.4, 0.5) is 0 Å². The van der Waals surface area contributed by atoms with Gasteiger partial charge in [0.25, 0.3) is 5.91 Å². The predicted molar refractivity (Wildman–Crippen MR) is 126 cm³/mol. The molecule has 6 atom stereocenters. The van der Waals surface area contributed by atoms with Crippen LogP contribution in [0.3, 0.4) is 0 Å². The van der Waals surface area contributed by atoms with Crippen molar-refractivity contribution in [1.29, 1.82) is 0 Å². The molecule has 4 aliphatic carbocycles. The van der Waals surface area contributed by atoms with Gasteiger partial charge in [0, 0.05) is 24.9 Å². The molecule has 0 aromatic carbocycles. The maximum absolute atomic E-state index is 12.0. The number of aliphatic hydroxyl groups excluding tert-OH is 1. The SMILES string of the molecule is CC12CCC(=NOCC(=O)NCCc3cnc[nH]3)C=C1CCC1C2CCC2(C)C(O)CCC12. The first-order valence-electron chi connectivity index (χ1n) is 12.7. The summed E-state index contributed by atoms with van der Waals surface area (Å²) in [6.45, 7) is 5.30. The number of amides is 1. The van der Waals surface area contributed by atoms with E-state index in [1.54, 1.807) is 12.5 Å². The molecule has 1 aromatic heterocycles. The largest absolute Gasteiger partial charge is 0.393 e. The third-order valence-electron chi connectivity index (χ3n) is 9.58. The molecule has 3 fully saturated rings. The first-order valence-corrected chi connectivity index (χ1v) is 12.7. The molecule has 6 unspecified atom stereocenters. The van der Waals surface area contributed by atoms with Crippen LogP contribution in [0.2, 0.25) is 0 Å². The van der Waals surface area contributed by atoms with E-state index in [0.717, 1.165) is 49.4 Å². The number of nitrogens with zero attached hydrogens (tertiary/aromatic N) is 2. The minimum atomic E-state index is -0.156. The van der Waals surface area contributed by atoms with Gasteiger partial charge in [-0.05, 0) is 86.0 Å². The predicted octanol–water partition coefficient (Wildman–Crippen LogP) is 3.76. The van der Waals surface area contributed by atoms with E-state index in [0.29, 0.717) is 24.8 Å². The van der Waals surface area contributed by atoms with Gasteiger partial charge in [-0.2, -0.15) is 0 Å². The van der Waals surface area contributed by atoms with Crippen LogP contribution in [0.1, 0.15) is 70.9 Å². The highest BCUT2D eigenvalue weighted by atomic mass is 16.6. The van der Waals surface area contributed by atoms with Crippen LogP contribution in [0.15, 0.2) is 29.3 Å². The van der Waals surface area contributed by atoms with Crippen molar-refractivity contribution < 1.29 is 14.7 Å². The van der Waals surface area contributed by atoms with Crippen molar-refractivity contribution in [3.63, 3.8) is 0 Å². The number of allylic oxidation sites excluding steroid dienone is 2. The Morgan fingerprint density at radius 2 is 2.12 bits per heavy atom. The summed E-state index contributed by atoms with van der Waals surface area (Å²) in [4.78, 5) is 24.4. The Morgan fingerprint density at radius 3 is 2.94 bits per heavy atom. The summed E-state index contributed by atoms with van der Waals surface area (Å²) in [5.74, 6) is 1.97. The number of H-pyrrole nitrogens is 1.